The summed E-state index contributed by atoms with van der Waals surface area (Å²) >= 11 is 0. The minimum Gasteiger partial charge on any atom is -0.494 e. The van der Waals surface area contributed by atoms with E-state index in [1.54, 1.807) is 4.57 Å². The van der Waals surface area contributed by atoms with Gasteiger partial charge in [0.25, 0.3) is 5.56 Å². The van der Waals surface area contributed by atoms with Crippen LogP contribution in [0, 0.1) is 13.8 Å². The van der Waals surface area contributed by atoms with Gasteiger partial charge in [-0.3, -0.25) is 19.2 Å². The van der Waals surface area contributed by atoms with Gasteiger partial charge >= 0.3 is 0 Å². The molecular formula is C19H26N4O3. The maximum absolute atomic E-state index is 12.8. The van der Waals surface area contributed by atoms with E-state index in [2.05, 4.69) is 9.88 Å². The molecule has 0 amide bonds. The fourth-order valence-corrected chi connectivity index (χ4v) is 3.11. The monoisotopic (exact) mass is 358 g/mol. The molecule has 1 aromatic carbocycles. The van der Waals surface area contributed by atoms with Gasteiger partial charge in [0.05, 0.1) is 19.9 Å². The van der Waals surface area contributed by atoms with Gasteiger partial charge in [-0.25, -0.2) is 4.98 Å². The molecule has 0 bridgehead atoms. The number of aliphatic hydroxyl groups excluding tert-OH is 1. The Bertz CT molecular complexity index is 817. The first-order chi connectivity index (χ1) is 12.5. The Labute approximate surface area is 153 Å². The van der Waals surface area contributed by atoms with Crippen LogP contribution in [0.1, 0.15) is 24.6 Å². The molecular weight excluding hydrogens is 332 g/mol. The van der Waals surface area contributed by atoms with Crippen molar-refractivity contribution in [3.8, 4) is 5.75 Å². The van der Waals surface area contributed by atoms with E-state index in [-0.39, 0.29) is 12.2 Å². The van der Waals surface area contributed by atoms with E-state index in [4.69, 9.17) is 9.84 Å². The Hall–Kier alpha value is -2.38. The molecule has 0 aliphatic carbocycles. The fraction of sp³-hybridized carbons (Fsp3) is 0.474. The molecule has 2 aromatic rings. The molecule has 7 heteroatoms. The molecule has 26 heavy (non-hydrogen) atoms. The lowest BCUT2D eigenvalue weighted by Crippen LogP contribution is -2.48. The van der Waals surface area contributed by atoms with Crippen LogP contribution in [0.2, 0.25) is 0 Å². The summed E-state index contributed by atoms with van der Waals surface area (Å²) in [5, 5.41) is 9.16. The van der Waals surface area contributed by atoms with Gasteiger partial charge in [-0.2, -0.15) is 0 Å². The number of nitrogens with zero attached hydrogens (tertiary/aromatic N) is 4. The highest BCUT2D eigenvalue weighted by Gasteiger charge is 2.26. The Kier molecular flexibility index (Phi) is 5.58. The summed E-state index contributed by atoms with van der Waals surface area (Å²) < 4.78 is 7.23. The second-order valence-corrected chi connectivity index (χ2v) is 6.46. The van der Waals surface area contributed by atoms with E-state index in [0.29, 0.717) is 44.4 Å². The normalized spacial score (nSPS) is 14.4. The quantitative estimate of drug-likeness (QED) is 0.852. The molecule has 1 aliphatic rings. The molecule has 0 fully saturated rings. The first-order valence-corrected chi connectivity index (χ1v) is 8.96. The zero-order valence-electron chi connectivity index (χ0n) is 15.6. The largest absolute Gasteiger partial charge is 0.494 e. The molecule has 0 atom stereocenters. The van der Waals surface area contributed by atoms with Gasteiger partial charge < -0.3 is 9.84 Å². The predicted molar refractivity (Wildman–Crippen MR) is 101 cm³/mol. The molecule has 0 radical (unpaired) electrons. The molecule has 7 nitrogen and oxygen atoms in total. The average molecular weight is 358 g/mol. The van der Waals surface area contributed by atoms with Crippen LogP contribution < -0.4 is 15.2 Å². The van der Waals surface area contributed by atoms with Crippen LogP contribution in [0.3, 0.4) is 0 Å². The SMILES string of the molecule is CCOc1ccc(N2CN(CCCO)Cn3c2nc(C)c(C)c3=O)cc1. The van der Waals surface area contributed by atoms with Gasteiger partial charge in [-0.05, 0) is 51.5 Å². The van der Waals surface area contributed by atoms with Gasteiger partial charge in [0.15, 0.2) is 0 Å². The van der Waals surface area contributed by atoms with Gasteiger partial charge in [-0.1, -0.05) is 0 Å². The Morgan fingerprint density at radius 3 is 2.58 bits per heavy atom. The lowest BCUT2D eigenvalue weighted by Gasteiger charge is -2.38. The number of hydrogen-bond donors (Lipinski definition) is 1. The number of rotatable bonds is 6. The van der Waals surface area contributed by atoms with Crippen molar-refractivity contribution in [1.82, 2.24) is 14.5 Å². The molecule has 0 saturated carbocycles. The Morgan fingerprint density at radius 2 is 1.92 bits per heavy atom. The van der Waals surface area contributed by atoms with Crippen LogP contribution in [0.15, 0.2) is 29.1 Å². The maximum atomic E-state index is 12.8. The van der Waals surface area contributed by atoms with Crippen molar-refractivity contribution in [3.63, 3.8) is 0 Å². The van der Waals surface area contributed by atoms with Crippen LogP contribution in [0.5, 0.6) is 5.75 Å². The smallest absolute Gasteiger partial charge is 0.259 e. The Balaban J connectivity index is 2.02. The maximum Gasteiger partial charge on any atom is 0.259 e. The van der Waals surface area contributed by atoms with E-state index in [0.717, 1.165) is 17.1 Å². The summed E-state index contributed by atoms with van der Waals surface area (Å²) in [6, 6.07) is 7.81. The number of aromatic nitrogens is 2. The standard InChI is InChI=1S/C19H26N4O3/c1-4-26-17-8-6-16(7-9-17)22-12-21(10-5-11-24)13-23-18(25)14(2)15(3)20-19(22)23/h6-9,24H,4-5,10-13H2,1-3H3. The van der Waals surface area contributed by atoms with E-state index >= 15 is 0 Å². The molecule has 140 valence electrons. The minimum absolute atomic E-state index is 0.0165. The summed E-state index contributed by atoms with van der Waals surface area (Å²) in [6.07, 6.45) is 0.666. The highest BCUT2D eigenvalue weighted by Crippen LogP contribution is 2.29. The molecule has 2 heterocycles. The molecule has 1 N–H and O–H groups in total. The number of fused-ring (bicyclic) bond motifs is 1. The molecule has 0 unspecified atom stereocenters. The van der Waals surface area contributed by atoms with Crippen molar-refractivity contribution in [2.75, 3.05) is 31.3 Å². The number of aliphatic hydroxyl groups is 1. The van der Waals surface area contributed by atoms with E-state index in [1.165, 1.54) is 0 Å². The van der Waals surface area contributed by atoms with Crippen LogP contribution >= 0.6 is 0 Å². The van der Waals surface area contributed by atoms with Gasteiger partial charge in [0, 0.05) is 30.1 Å². The molecule has 1 aromatic heterocycles. The highest BCUT2D eigenvalue weighted by molar-refractivity contribution is 5.59. The second-order valence-electron chi connectivity index (χ2n) is 6.46. The first-order valence-electron chi connectivity index (χ1n) is 8.96. The fourth-order valence-electron chi connectivity index (χ4n) is 3.11. The highest BCUT2D eigenvalue weighted by atomic mass is 16.5. The lowest BCUT2D eigenvalue weighted by molar-refractivity contribution is 0.175. The van der Waals surface area contributed by atoms with E-state index < -0.39 is 0 Å². The zero-order chi connectivity index (χ0) is 18.7. The minimum atomic E-state index is -0.0165. The van der Waals surface area contributed by atoms with Gasteiger partial charge in [0.1, 0.15) is 5.75 Å². The second kappa shape index (κ2) is 7.88. The first kappa shape index (κ1) is 18.4. The van der Waals surface area contributed by atoms with Crippen molar-refractivity contribution in [3.05, 3.63) is 45.9 Å². The number of aryl methyl sites for hydroxylation is 1. The summed E-state index contributed by atoms with van der Waals surface area (Å²) in [6.45, 7) is 8.19. The summed E-state index contributed by atoms with van der Waals surface area (Å²) in [4.78, 5) is 21.6. The summed E-state index contributed by atoms with van der Waals surface area (Å²) in [7, 11) is 0. The summed E-state index contributed by atoms with van der Waals surface area (Å²) in [5.74, 6) is 1.47. The average Bonchev–Trinajstić information content (AvgIpc) is 2.65. The van der Waals surface area contributed by atoms with Crippen LogP contribution in [0.4, 0.5) is 11.6 Å². The number of ether oxygens (including phenoxy) is 1. The third-order valence-electron chi connectivity index (χ3n) is 4.63. The van der Waals surface area contributed by atoms with Crippen molar-refractivity contribution >= 4 is 11.6 Å². The third kappa shape index (κ3) is 3.59. The van der Waals surface area contributed by atoms with Crippen LogP contribution in [-0.2, 0) is 6.67 Å². The third-order valence-corrected chi connectivity index (χ3v) is 4.63. The van der Waals surface area contributed by atoms with Crippen molar-refractivity contribution in [2.45, 2.75) is 33.9 Å². The van der Waals surface area contributed by atoms with E-state index in [9.17, 15) is 4.79 Å². The summed E-state index contributed by atoms with van der Waals surface area (Å²) in [5.41, 5.74) is 2.36. The molecule has 1 aliphatic heterocycles. The number of benzene rings is 1. The van der Waals surface area contributed by atoms with Crippen molar-refractivity contribution < 1.29 is 9.84 Å². The number of hydrogen-bond acceptors (Lipinski definition) is 6. The predicted octanol–water partition coefficient (Wildman–Crippen LogP) is 2.01. The topological polar surface area (TPSA) is 70.8 Å². The van der Waals surface area contributed by atoms with Crippen molar-refractivity contribution in [2.24, 2.45) is 0 Å². The van der Waals surface area contributed by atoms with Gasteiger partial charge in [0.2, 0.25) is 5.95 Å². The zero-order valence-corrected chi connectivity index (χ0v) is 15.6. The van der Waals surface area contributed by atoms with Crippen LogP contribution in [0.25, 0.3) is 0 Å². The Morgan fingerprint density at radius 1 is 1.19 bits per heavy atom. The molecule has 3 rings (SSSR count). The molecule has 0 spiro atoms. The van der Waals surface area contributed by atoms with Gasteiger partial charge in [-0.15, -0.1) is 0 Å². The molecule has 0 saturated heterocycles. The van der Waals surface area contributed by atoms with Crippen molar-refractivity contribution in [1.29, 1.82) is 0 Å². The number of anilines is 2. The van der Waals surface area contributed by atoms with Crippen LogP contribution in [-0.4, -0.2) is 46.0 Å². The lowest BCUT2D eigenvalue weighted by atomic mass is 10.2. The van der Waals surface area contributed by atoms with E-state index in [1.807, 2.05) is 49.9 Å².